The number of methoxy groups -OCH3 is 2. The van der Waals surface area contributed by atoms with E-state index in [-0.39, 0.29) is 0 Å². The zero-order chi connectivity index (χ0) is 13.4. The molecule has 0 fully saturated rings. The fourth-order valence-electron chi connectivity index (χ4n) is 1.87. The largest absolute Gasteiger partial charge is 0.497 e. The summed E-state index contributed by atoms with van der Waals surface area (Å²) < 4.78 is 13.9. The molecular formula is C14H23NO2S. The molecule has 18 heavy (non-hydrogen) atoms. The van der Waals surface area contributed by atoms with Crippen molar-refractivity contribution in [2.24, 2.45) is 0 Å². The van der Waals surface area contributed by atoms with Gasteiger partial charge in [-0.1, -0.05) is 19.8 Å². The maximum Gasteiger partial charge on any atom is 0.137 e. The summed E-state index contributed by atoms with van der Waals surface area (Å²) in [6.07, 6.45) is 4.74. The van der Waals surface area contributed by atoms with Crippen LogP contribution in [0, 0.1) is 0 Å². The average Bonchev–Trinajstić information content (AvgIpc) is 2.40. The van der Waals surface area contributed by atoms with Crippen LogP contribution < -0.4 is 14.2 Å². The first kappa shape index (κ1) is 15.2. The van der Waals surface area contributed by atoms with E-state index in [2.05, 4.69) is 17.7 Å². The molecule has 0 amide bonds. The van der Waals surface area contributed by atoms with E-state index in [1.165, 1.54) is 24.8 Å². The molecule has 0 aliphatic carbocycles. The molecule has 0 saturated heterocycles. The first-order chi connectivity index (χ1) is 8.76. The monoisotopic (exact) mass is 269 g/mol. The number of rotatable bonds is 8. The van der Waals surface area contributed by atoms with Gasteiger partial charge in [-0.15, -0.1) is 0 Å². The Morgan fingerprint density at radius 2 is 1.94 bits per heavy atom. The number of benzene rings is 1. The first-order valence-corrected chi connectivity index (χ1v) is 7.16. The van der Waals surface area contributed by atoms with Gasteiger partial charge in [0.1, 0.15) is 11.5 Å². The molecule has 3 nitrogen and oxygen atoms in total. The van der Waals surface area contributed by atoms with E-state index >= 15 is 0 Å². The van der Waals surface area contributed by atoms with Gasteiger partial charge in [0, 0.05) is 6.07 Å². The summed E-state index contributed by atoms with van der Waals surface area (Å²) in [7, 11) is 5.31. The van der Waals surface area contributed by atoms with E-state index in [9.17, 15) is 0 Å². The zero-order valence-corrected chi connectivity index (χ0v) is 12.5. The summed E-state index contributed by atoms with van der Waals surface area (Å²) in [5.74, 6) is 1.74. The SMILES string of the molecule is CCCCCc1cc(OC)cc(OC)c1SNC. The van der Waals surface area contributed by atoms with E-state index in [4.69, 9.17) is 9.47 Å². The third-order valence-corrected chi connectivity index (χ3v) is 3.69. The highest BCUT2D eigenvalue weighted by Crippen LogP contribution is 2.35. The van der Waals surface area contributed by atoms with Crippen LogP contribution >= 0.6 is 11.9 Å². The Balaban J connectivity index is 3.00. The van der Waals surface area contributed by atoms with Crippen LogP contribution in [-0.4, -0.2) is 21.3 Å². The fourth-order valence-corrected chi connectivity index (χ4v) is 2.61. The fraction of sp³-hybridized carbons (Fsp3) is 0.571. The number of hydrogen-bond acceptors (Lipinski definition) is 4. The number of hydrogen-bond donors (Lipinski definition) is 1. The van der Waals surface area contributed by atoms with Gasteiger partial charge in [0.25, 0.3) is 0 Å². The predicted molar refractivity (Wildman–Crippen MR) is 77.7 cm³/mol. The lowest BCUT2D eigenvalue weighted by atomic mass is 10.1. The second kappa shape index (κ2) is 8.27. The second-order valence-electron chi connectivity index (χ2n) is 4.08. The highest BCUT2D eigenvalue weighted by molar-refractivity contribution is 7.97. The van der Waals surface area contributed by atoms with Crippen molar-refractivity contribution in [2.45, 2.75) is 37.5 Å². The minimum atomic E-state index is 0.860. The molecule has 1 N–H and O–H groups in total. The number of aryl methyl sites for hydroxylation is 1. The lowest BCUT2D eigenvalue weighted by Gasteiger charge is -2.15. The van der Waals surface area contributed by atoms with Gasteiger partial charge >= 0.3 is 0 Å². The molecule has 102 valence electrons. The van der Waals surface area contributed by atoms with Crippen LogP contribution in [0.3, 0.4) is 0 Å². The van der Waals surface area contributed by atoms with Crippen molar-refractivity contribution in [1.82, 2.24) is 4.72 Å². The topological polar surface area (TPSA) is 30.5 Å². The first-order valence-electron chi connectivity index (χ1n) is 6.35. The Hall–Kier alpha value is -0.870. The molecule has 1 aromatic rings. The highest BCUT2D eigenvalue weighted by atomic mass is 32.2. The van der Waals surface area contributed by atoms with Gasteiger partial charge in [-0.25, -0.2) is 0 Å². The van der Waals surface area contributed by atoms with Crippen molar-refractivity contribution in [3.05, 3.63) is 17.7 Å². The van der Waals surface area contributed by atoms with Crippen LogP contribution in [-0.2, 0) is 6.42 Å². The van der Waals surface area contributed by atoms with Gasteiger partial charge in [0.05, 0.1) is 19.1 Å². The predicted octanol–water partition coefficient (Wildman–Crippen LogP) is 3.66. The molecule has 0 saturated carbocycles. The lowest BCUT2D eigenvalue weighted by molar-refractivity contribution is 0.385. The van der Waals surface area contributed by atoms with Crippen LogP contribution in [0.1, 0.15) is 31.7 Å². The third kappa shape index (κ3) is 4.10. The summed E-state index contributed by atoms with van der Waals surface area (Å²) in [5, 5.41) is 0. The maximum absolute atomic E-state index is 5.45. The Morgan fingerprint density at radius 3 is 2.50 bits per heavy atom. The average molecular weight is 269 g/mol. The van der Waals surface area contributed by atoms with E-state index in [1.54, 1.807) is 26.2 Å². The molecule has 0 radical (unpaired) electrons. The van der Waals surface area contributed by atoms with Crippen molar-refractivity contribution in [3.8, 4) is 11.5 Å². The van der Waals surface area contributed by atoms with Crippen molar-refractivity contribution in [3.63, 3.8) is 0 Å². The maximum atomic E-state index is 5.45. The van der Waals surface area contributed by atoms with Crippen LogP contribution in [0.5, 0.6) is 11.5 Å². The number of ether oxygens (including phenoxy) is 2. The standard InChI is InChI=1S/C14H23NO2S/c1-5-6-7-8-11-9-12(16-3)10-13(17-4)14(11)18-15-2/h9-10,15H,5-8H2,1-4H3. The Kier molecular flexibility index (Phi) is 6.98. The molecule has 0 spiro atoms. The summed E-state index contributed by atoms with van der Waals surface area (Å²) >= 11 is 1.60. The normalized spacial score (nSPS) is 10.4. The smallest absolute Gasteiger partial charge is 0.137 e. The van der Waals surface area contributed by atoms with Crippen molar-refractivity contribution in [2.75, 3.05) is 21.3 Å². The van der Waals surface area contributed by atoms with Gasteiger partial charge in [-0.3, -0.25) is 4.72 Å². The zero-order valence-electron chi connectivity index (χ0n) is 11.7. The molecule has 1 aromatic carbocycles. The molecule has 0 aliphatic heterocycles. The van der Waals surface area contributed by atoms with Crippen molar-refractivity contribution < 1.29 is 9.47 Å². The second-order valence-corrected chi connectivity index (χ2v) is 5.10. The van der Waals surface area contributed by atoms with Crippen molar-refractivity contribution in [1.29, 1.82) is 0 Å². The van der Waals surface area contributed by atoms with E-state index in [0.29, 0.717) is 0 Å². The molecule has 0 heterocycles. The van der Waals surface area contributed by atoms with Crippen LogP contribution in [0.4, 0.5) is 0 Å². The quantitative estimate of drug-likeness (QED) is 0.576. The molecule has 4 heteroatoms. The van der Waals surface area contributed by atoms with E-state index < -0.39 is 0 Å². The summed E-state index contributed by atoms with van der Waals surface area (Å²) in [6.45, 7) is 2.22. The Labute approximate surface area is 114 Å². The number of unbranched alkanes of at least 4 members (excludes halogenated alkanes) is 2. The van der Waals surface area contributed by atoms with Crippen LogP contribution in [0.25, 0.3) is 0 Å². The molecule has 0 unspecified atom stereocenters. The minimum absolute atomic E-state index is 0.860. The van der Waals surface area contributed by atoms with Crippen LogP contribution in [0.15, 0.2) is 17.0 Å². The van der Waals surface area contributed by atoms with E-state index in [1.807, 2.05) is 13.1 Å². The summed E-state index contributed by atoms with van der Waals surface area (Å²) in [5.41, 5.74) is 1.29. The van der Waals surface area contributed by atoms with Crippen molar-refractivity contribution >= 4 is 11.9 Å². The molecule has 0 bridgehead atoms. The lowest BCUT2D eigenvalue weighted by Crippen LogP contribution is -2.00. The Morgan fingerprint density at radius 1 is 1.17 bits per heavy atom. The summed E-state index contributed by atoms with van der Waals surface area (Å²) in [6, 6.07) is 4.04. The highest BCUT2D eigenvalue weighted by Gasteiger charge is 2.12. The molecular weight excluding hydrogens is 246 g/mol. The van der Waals surface area contributed by atoms with Gasteiger partial charge in [0.15, 0.2) is 0 Å². The Bertz CT molecular complexity index is 369. The van der Waals surface area contributed by atoms with Gasteiger partial charge in [0.2, 0.25) is 0 Å². The molecule has 1 rings (SSSR count). The van der Waals surface area contributed by atoms with Crippen LogP contribution in [0.2, 0.25) is 0 Å². The van der Waals surface area contributed by atoms with Gasteiger partial charge < -0.3 is 9.47 Å². The van der Waals surface area contributed by atoms with Gasteiger partial charge in [-0.2, -0.15) is 0 Å². The minimum Gasteiger partial charge on any atom is -0.497 e. The number of nitrogens with one attached hydrogen (secondary N) is 1. The third-order valence-electron chi connectivity index (χ3n) is 2.81. The summed E-state index contributed by atoms with van der Waals surface area (Å²) in [4.78, 5) is 1.16. The van der Waals surface area contributed by atoms with Gasteiger partial charge in [-0.05, 0) is 43.5 Å². The molecule has 0 atom stereocenters. The molecule has 0 aromatic heterocycles. The molecule has 0 aliphatic rings. The van der Waals surface area contributed by atoms with E-state index in [0.717, 1.165) is 22.8 Å².